The molecule has 1 saturated heterocycles. The zero-order valence-electron chi connectivity index (χ0n) is 14.3. The highest BCUT2D eigenvalue weighted by atomic mass is 16.1. The molecular formula is C20H21N3O2. The number of fused-ring (bicyclic) bond motifs is 5. The van der Waals surface area contributed by atoms with Crippen LogP contribution in [0.4, 0.5) is 0 Å². The van der Waals surface area contributed by atoms with Gasteiger partial charge in [-0.05, 0) is 31.4 Å². The van der Waals surface area contributed by atoms with Gasteiger partial charge in [-0.1, -0.05) is 18.2 Å². The van der Waals surface area contributed by atoms with Crippen LogP contribution >= 0.6 is 0 Å². The molecule has 2 aliphatic rings. The first-order chi connectivity index (χ1) is 12.0. The van der Waals surface area contributed by atoms with Crippen LogP contribution in [0, 0.1) is 16.7 Å². The standard InChI is InChI=1S/C20H21N3O2/c1-13(24)6-8-20(11-21)12-23-9-7-15-14-4-2-3-5-16(14)22-19(15)17(23)10-18(20)25/h2-5,17,22H,6-10,12H2,1H3/t17-,20-/m0/s1. The number of piperidine rings is 1. The van der Waals surface area contributed by atoms with Gasteiger partial charge in [0.25, 0.3) is 0 Å². The molecule has 2 atom stereocenters. The SMILES string of the molecule is CC(=O)CC[C@]1(C#N)CN2CCc3c([nH]c4ccccc34)[C@@H]2CC1=O. The normalized spacial score (nSPS) is 26.1. The molecule has 0 unspecified atom stereocenters. The summed E-state index contributed by atoms with van der Waals surface area (Å²) in [6.07, 6.45) is 1.87. The number of aromatic nitrogens is 1. The number of H-pyrrole nitrogens is 1. The van der Waals surface area contributed by atoms with Crippen LogP contribution < -0.4 is 0 Å². The van der Waals surface area contributed by atoms with Crippen LogP contribution in [0.5, 0.6) is 0 Å². The number of hydrogen-bond donors (Lipinski definition) is 1. The fourth-order valence-corrected chi connectivity index (χ4v) is 4.36. The Bertz CT molecular complexity index is 907. The summed E-state index contributed by atoms with van der Waals surface area (Å²) in [4.78, 5) is 30.0. The quantitative estimate of drug-likeness (QED) is 0.935. The third-order valence-electron chi connectivity index (χ3n) is 5.77. The molecule has 0 saturated carbocycles. The van der Waals surface area contributed by atoms with Crippen molar-refractivity contribution in [1.29, 1.82) is 5.26 Å². The Morgan fingerprint density at radius 3 is 3.00 bits per heavy atom. The minimum atomic E-state index is -1.04. The minimum absolute atomic E-state index is 0.0162. The number of rotatable bonds is 3. The van der Waals surface area contributed by atoms with E-state index in [0.29, 0.717) is 19.4 Å². The van der Waals surface area contributed by atoms with E-state index in [1.54, 1.807) is 0 Å². The van der Waals surface area contributed by atoms with Crippen LogP contribution in [0.2, 0.25) is 0 Å². The van der Waals surface area contributed by atoms with Crippen LogP contribution in [0.25, 0.3) is 10.9 Å². The molecule has 128 valence electrons. The summed E-state index contributed by atoms with van der Waals surface area (Å²) >= 11 is 0. The van der Waals surface area contributed by atoms with Gasteiger partial charge in [-0.15, -0.1) is 0 Å². The molecule has 1 N–H and O–H groups in total. The maximum atomic E-state index is 12.9. The third kappa shape index (κ3) is 2.49. The van der Waals surface area contributed by atoms with E-state index in [2.05, 4.69) is 28.1 Å². The summed E-state index contributed by atoms with van der Waals surface area (Å²) in [5.74, 6) is 0.00472. The number of para-hydroxylation sites is 1. The first kappa shape index (κ1) is 16.0. The molecule has 4 rings (SSSR count). The van der Waals surface area contributed by atoms with Gasteiger partial charge < -0.3 is 9.78 Å². The second-order valence-corrected chi connectivity index (χ2v) is 7.32. The van der Waals surface area contributed by atoms with Gasteiger partial charge >= 0.3 is 0 Å². The van der Waals surface area contributed by atoms with Crippen molar-refractivity contribution in [1.82, 2.24) is 9.88 Å². The molecule has 1 fully saturated rings. The monoisotopic (exact) mass is 335 g/mol. The summed E-state index contributed by atoms with van der Waals surface area (Å²) in [7, 11) is 0. The number of aromatic amines is 1. The van der Waals surface area contributed by atoms with Crippen LogP contribution in [0.3, 0.4) is 0 Å². The van der Waals surface area contributed by atoms with Gasteiger partial charge in [0.15, 0.2) is 5.78 Å². The molecule has 0 amide bonds. The summed E-state index contributed by atoms with van der Waals surface area (Å²) in [6, 6.07) is 10.5. The molecule has 5 heteroatoms. The molecule has 1 aromatic carbocycles. The van der Waals surface area contributed by atoms with E-state index in [9.17, 15) is 14.9 Å². The van der Waals surface area contributed by atoms with Crippen molar-refractivity contribution in [2.75, 3.05) is 13.1 Å². The number of carbonyl (C=O) groups excluding carboxylic acids is 2. The fourth-order valence-electron chi connectivity index (χ4n) is 4.36. The van der Waals surface area contributed by atoms with Gasteiger partial charge in [-0.2, -0.15) is 5.26 Å². The van der Waals surface area contributed by atoms with E-state index in [1.165, 1.54) is 17.9 Å². The molecule has 2 aliphatic heterocycles. The molecule has 0 aliphatic carbocycles. The van der Waals surface area contributed by atoms with Crippen molar-refractivity contribution >= 4 is 22.5 Å². The number of ketones is 2. The van der Waals surface area contributed by atoms with Crippen molar-refractivity contribution in [3.8, 4) is 6.07 Å². The highest BCUT2D eigenvalue weighted by Gasteiger charge is 2.48. The molecular weight excluding hydrogens is 314 g/mol. The van der Waals surface area contributed by atoms with E-state index in [0.717, 1.165) is 24.2 Å². The van der Waals surface area contributed by atoms with E-state index in [1.807, 2.05) is 12.1 Å². The lowest BCUT2D eigenvalue weighted by molar-refractivity contribution is -0.134. The third-order valence-corrected chi connectivity index (χ3v) is 5.77. The van der Waals surface area contributed by atoms with Crippen molar-refractivity contribution in [2.24, 2.45) is 5.41 Å². The zero-order valence-corrected chi connectivity index (χ0v) is 14.3. The van der Waals surface area contributed by atoms with Gasteiger partial charge in [0.05, 0.1) is 12.1 Å². The molecule has 0 spiro atoms. The Kier molecular flexibility index (Phi) is 3.73. The van der Waals surface area contributed by atoms with Gasteiger partial charge in [0.1, 0.15) is 11.2 Å². The molecule has 0 radical (unpaired) electrons. The van der Waals surface area contributed by atoms with Gasteiger partial charge in [0.2, 0.25) is 0 Å². The first-order valence-electron chi connectivity index (χ1n) is 8.81. The van der Waals surface area contributed by atoms with E-state index >= 15 is 0 Å². The molecule has 0 bridgehead atoms. The van der Waals surface area contributed by atoms with Gasteiger partial charge in [-0.25, -0.2) is 0 Å². The van der Waals surface area contributed by atoms with Crippen LogP contribution in [-0.2, 0) is 16.0 Å². The number of benzene rings is 1. The van der Waals surface area contributed by atoms with Crippen molar-refractivity contribution in [3.05, 3.63) is 35.5 Å². The maximum Gasteiger partial charge on any atom is 0.156 e. The molecule has 3 heterocycles. The Balaban J connectivity index is 1.68. The van der Waals surface area contributed by atoms with Crippen LogP contribution in [0.1, 0.15) is 43.5 Å². The summed E-state index contributed by atoms with van der Waals surface area (Å²) in [5.41, 5.74) is 2.50. The number of nitriles is 1. The highest BCUT2D eigenvalue weighted by molar-refractivity contribution is 5.91. The first-order valence-corrected chi connectivity index (χ1v) is 8.81. The van der Waals surface area contributed by atoms with Crippen molar-refractivity contribution in [3.63, 3.8) is 0 Å². The molecule has 25 heavy (non-hydrogen) atoms. The number of nitrogens with one attached hydrogen (secondary N) is 1. The second kappa shape index (κ2) is 5.82. The zero-order chi connectivity index (χ0) is 17.6. The Labute approximate surface area is 146 Å². The Hall–Kier alpha value is -2.45. The minimum Gasteiger partial charge on any atom is -0.357 e. The Morgan fingerprint density at radius 2 is 2.24 bits per heavy atom. The smallest absolute Gasteiger partial charge is 0.156 e. The largest absolute Gasteiger partial charge is 0.357 e. The summed E-state index contributed by atoms with van der Waals surface area (Å²) < 4.78 is 0. The maximum absolute atomic E-state index is 12.9. The van der Waals surface area contributed by atoms with Crippen LogP contribution in [-0.4, -0.2) is 34.5 Å². The predicted molar refractivity (Wildman–Crippen MR) is 93.9 cm³/mol. The van der Waals surface area contributed by atoms with E-state index in [4.69, 9.17) is 0 Å². The number of Topliss-reactive ketones (excluding diaryl/α,β-unsaturated/α-hetero) is 2. The average Bonchev–Trinajstić information content (AvgIpc) is 2.99. The molecule has 5 nitrogen and oxygen atoms in total. The topological polar surface area (TPSA) is 77.0 Å². The predicted octanol–water partition coefficient (Wildman–Crippen LogP) is 2.92. The van der Waals surface area contributed by atoms with Crippen molar-refractivity contribution < 1.29 is 9.59 Å². The lowest BCUT2D eigenvalue weighted by Gasteiger charge is -2.44. The average molecular weight is 335 g/mol. The fraction of sp³-hybridized carbons (Fsp3) is 0.450. The lowest BCUT2D eigenvalue weighted by atomic mass is 9.72. The van der Waals surface area contributed by atoms with Crippen LogP contribution in [0.15, 0.2) is 24.3 Å². The van der Waals surface area contributed by atoms with Crippen molar-refractivity contribution in [2.45, 2.75) is 38.6 Å². The number of carbonyl (C=O) groups is 2. The summed E-state index contributed by atoms with van der Waals surface area (Å²) in [5, 5.41) is 10.9. The number of nitrogens with zero attached hydrogens (tertiary/aromatic N) is 2. The van der Waals surface area contributed by atoms with E-state index in [-0.39, 0.29) is 24.0 Å². The lowest BCUT2D eigenvalue weighted by Crippen LogP contribution is -2.52. The molecule has 2 aromatic rings. The van der Waals surface area contributed by atoms with Gasteiger partial charge in [0, 0.05) is 42.5 Å². The van der Waals surface area contributed by atoms with Gasteiger partial charge in [-0.3, -0.25) is 9.69 Å². The summed E-state index contributed by atoms with van der Waals surface area (Å²) in [6.45, 7) is 2.78. The van der Waals surface area contributed by atoms with E-state index < -0.39 is 5.41 Å². The molecule has 1 aromatic heterocycles. The number of hydrogen-bond acceptors (Lipinski definition) is 4. The second-order valence-electron chi connectivity index (χ2n) is 7.32. The Morgan fingerprint density at radius 1 is 1.44 bits per heavy atom. The highest BCUT2D eigenvalue weighted by Crippen LogP contribution is 2.44.